The molecule has 1 N–H and O–H groups in total. The number of rotatable bonds is 8. The summed E-state index contributed by atoms with van der Waals surface area (Å²) in [5, 5.41) is 17.0. The van der Waals surface area contributed by atoms with Gasteiger partial charge in [-0.2, -0.15) is 0 Å². The molecule has 3 heterocycles. The molecule has 0 saturated carbocycles. The van der Waals surface area contributed by atoms with Crippen LogP contribution in [0.2, 0.25) is 10.0 Å². The van der Waals surface area contributed by atoms with Crippen molar-refractivity contribution < 1.29 is 14.4 Å². The number of benzene rings is 2. The molecule has 5 rings (SSSR count). The van der Waals surface area contributed by atoms with Gasteiger partial charge in [0.15, 0.2) is 5.76 Å². The largest absolute Gasteiger partial charge is 0.491 e. The minimum Gasteiger partial charge on any atom is -0.491 e. The molecule has 0 radical (unpaired) electrons. The SMILES string of the molecule is Cc1nc2cc(OC[C@@H](O)CN3C[C@H](C)N(Cc4cc(-c5c(Cl)cccc5Cl)no4)C[C@@H]3C)ccc2s1. The Hall–Kier alpha value is -2.20. The summed E-state index contributed by atoms with van der Waals surface area (Å²) in [4.78, 5) is 9.20. The van der Waals surface area contributed by atoms with Crippen molar-refractivity contribution in [1.29, 1.82) is 0 Å². The van der Waals surface area contributed by atoms with Gasteiger partial charge in [0.2, 0.25) is 0 Å². The van der Waals surface area contributed by atoms with Gasteiger partial charge in [0.05, 0.1) is 31.8 Å². The number of aryl methyl sites for hydroxylation is 1. The van der Waals surface area contributed by atoms with Gasteiger partial charge in [-0.25, -0.2) is 4.98 Å². The van der Waals surface area contributed by atoms with Gasteiger partial charge in [-0.1, -0.05) is 34.4 Å². The number of aliphatic hydroxyl groups excluding tert-OH is 1. The highest BCUT2D eigenvalue weighted by Crippen LogP contribution is 2.34. The van der Waals surface area contributed by atoms with Gasteiger partial charge in [0.25, 0.3) is 0 Å². The molecule has 2 aromatic heterocycles. The first-order valence-corrected chi connectivity index (χ1v) is 13.9. The molecule has 2 aromatic carbocycles. The van der Waals surface area contributed by atoms with E-state index in [0.717, 1.165) is 39.8 Å². The fourth-order valence-electron chi connectivity index (χ4n) is 4.82. The number of hydrogen-bond donors (Lipinski definition) is 1. The van der Waals surface area contributed by atoms with Crippen LogP contribution in [-0.4, -0.2) is 69.5 Å². The van der Waals surface area contributed by atoms with Gasteiger partial charge in [0, 0.05) is 49.4 Å². The second-order valence-corrected chi connectivity index (χ2v) is 11.7. The Morgan fingerprint density at radius 2 is 1.84 bits per heavy atom. The van der Waals surface area contributed by atoms with Crippen molar-refractivity contribution in [3.05, 3.63) is 63.3 Å². The van der Waals surface area contributed by atoms with E-state index in [1.807, 2.05) is 37.3 Å². The minimum atomic E-state index is -0.591. The third kappa shape index (κ3) is 6.11. The lowest BCUT2D eigenvalue weighted by atomic mass is 10.1. The van der Waals surface area contributed by atoms with Crippen molar-refractivity contribution in [2.24, 2.45) is 0 Å². The highest BCUT2D eigenvalue weighted by Gasteiger charge is 2.31. The number of hydrogen-bond acceptors (Lipinski definition) is 8. The molecule has 0 spiro atoms. The topological polar surface area (TPSA) is 74.9 Å². The number of halogens is 2. The van der Waals surface area contributed by atoms with Crippen molar-refractivity contribution in [2.75, 3.05) is 26.2 Å². The van der Waals surface area contributed by atoms with Gasteiger partial charge in [0.1, 0.15) is 24.2 Å². The summed E-state index contributed by atoms with van der Waals surface area (Å²) in [6.07, 6.45) is -0.591. The Bertz CT molecular complexity index is 1360. The maximum absolute atomic E-state index is 10.7. The van der Waals surface area contributed by atoms with Gasteiger partial charge in [-0.05, 0) is 45.0 Å². The molecule has 0 unspecified atom stereocenters. The zero-order valence-electron chi connectivity index (χ0n) is 21.0. The number of piperazine rings is 1. The maximum atomic E-state index is 10.7. The Morgan fingerprint density at radius 3 is 2.62 bits per heavy atom. The first kappa shape index (κ1) is 26.4. The Kier molecular flexibility index (Phi) is 8.04. The molecule has 7 nitrogen and oxygen atoms in total. The second kappa shape index (κ2) is 11.3. The number of thiazole rings is 1. The van der Waals surface area contributed by atoms with Crippen molar-refractivity contribution >= 4 is 44.8 Å². The Balaban J connectivity index is 1.14. The monoisotopic (exact) mass is 560 g/mol. The smallest absolute Gasteiger partial charge is 0.151 e. The normalized spacial score (nSPS) is 19.9. The molecule has 3 atom stereocenters. The van der Waals surface area contributed by atoms with Gasteiger partial charge >= 0.3 is 0 Å². The third-order valence-corrected chi connectivity index (χ3v) is 8.32. The summed E-state index contributed by atoms with van der Waals surface area (Å²) < 4.78 is 12.6. The molecule has 0 bridgehead atoms. The highest BCUT2D eigenvalue weighted by molar-refractivity contribution is 7.18. The lowest BCUT2D eigenvalue weighted by Crippen LogP contribution is -2.57. The van der Waals surface area contributed by atoms with Crippen LogP contribution in [0.5, 0.6) is 5.75 Å². The van der Waals surface area contributed by atoms with E-state index in [4.69, 9.17) is 32.5 Å². The zero-order valence-corrected chi connectivity index (χ0v) is 23.4. The minimum absolute atomic E-state index is 0.237. The van der Waals surface area contributed by atoms with Crippen LogP contribution in [0.4, 0.5) is 0 Å². The van der Waals surface area contributed by atoms with Crippen LogP contribution in [0.15, 0.2) is 47.0 Å². The van der Waals surface area contributed by atoms with E-state index in [9.17, 15) is 5.11 Å². The van der Waals surface area contributed by atoms with E-state index >= 15 is 0 Å². The highest BCUT2D eigenvalue weighted by atomic mass is 35.5. The van der Waals surface area contributed by atoms with Crippen LogP contribution in [0.3, 0.4) is 0 Å². The molecule has 1 aliphatic heterocycles. The van der Waals surface area contributed by atoms with Crippen LogP contribution in [-0.2, 0) is 6.54 Å². The number of nitrogens with zero attached hydrogens (tertiary/aromatic N) is 4. The van der Waals surface area contributed by atoms with Crippen LogP contribution in [0, 0.1) is 6.92 Å². The molecule has 1 saturated heterocycles. The summed E-state index contributed by atoms with van der Waals surface area (Å²) in [5.41, 5.74) is 2.25. The summed E-state index contributed by atoms with van der Waals surface area (Å²) >= 11 is 14.3. The van der Waals surface area contributed by atoms with Crippen LogP contribution >= 0.6 is 34.5 Å². The maximum Gasteiger partial charge on any atom is 0.151 e. The van der Waals surface area contributed by atoms with Gasteiger partial charge in [-0.15, -0.1) is 11.3 Å². The fraction of sp³-hybridized carbons (Fsp3) is 0.407. The van der Waals surface area contributed by atoms with Crippen molar-refractivity contribution in [1.82, 2.24) is 19.9 Å². The molecule has 0 aliphatic carbocycles. The molecule has 1 fully saturated rings. The first-order valence-electron chi connectivity index (χ1n) is 12.3. The standard InChI is InChI=1S/C27H30Cl2N4O3S/c1-16-12-33(14-21-10-25(31-36-21)27-22(28)5-4-6-23(27)29)17(2)11-32(16)13-19(34)15-35-20-7-8-26-24(9-20)30-18(3)37-26/h4-10,16-17,19,34H,11-15H2,1-3H3/t16-,17-,19-/m0/s1. The number of aromatic nitrogens is 2. The molecule has 1 aliphatic rings. The molecule has 10 heteroatoms. The molecular formula is C27H30Cl2N4O3S. The zero-order chi connectivity index (χ0) is 26.1. The fourth-order valence-corrected chi connectivity index (χ4v) is 6.22. The lowest BCUT2D eigenvalue weighted by Gasteiger charge is -2.44. The van der Waals surface area contributed by atoms with Crippen molar-refractivity contribution in [2.45, 2.75) is 45.5 Å². The average molecular weight is 562 g/mol. The molecule has 0 amide bonds. The molecule has 37 heavy (non-hydrogen) atoms. The molecular weight excluding hydrogens is 531 g/mol. The average Bonchev–Trinajstić information content (AvgIpc) is 3.46. The predicted molar refractivity (Wildman–Crippen MR) is 149 cm³/mol. The number of ether oxygens (including phenoxy) is 1. The summed E-state index contributed by atoms with van der Waals surface area (Å²) in [5.74, 6) is 1.49. The molecule has 196 valence electrons. The summed E-state index contributed by atoms with van der Waals surface area (Å²) in [7, 11) is 0. The van der Waals surface area contributed by atoms with Gasteiger partial charge in [-0.3, -0.25) is 9.80 Å². The number of fused-ring (bicyclic) bond motifs is 1. The summed E-state index contributed by atoms with van der Waals surface area (Å²) in [6.45, 7) is 9.47. The van der Waals surface area contributed by atoms with Gasteiger partial charge < -0.3 is 14.4 Å². The quantitative estimate of drug-likeness (QED) is 0.287. The number of β-amino-alcohol motifs (C(OH)–C–C–N with tert-alkyl or cyclic N) is 1. The van der Waals surface area contributed by atoms with E-state index in [-0.39, 0.29) is 18.7 Å². The predicted octanol–water partition coefficient (Wildman–Crippen LogP) is 5.90. The van der Waals surface area contributed by atoms with Crippen molar-refractivity contribution in [3.8, 4) is 17.0 Å². The first-order chi connectivity index (χ1) is 17.8. The van der Waals surface area contributed by atoms with E-state index in [1.54, 1.807) is 23.5 Å². The third-order valence-electron chi connectivity index (χ3n) is 6.73. The summed E-state index contributed by atoms with van der Waals surface area (Å²) in [6, 6.07) is 13.7. The van der Waals surface area contributed by atoms with Crippen molar-refractivity contribution in [3.63, 3.8) is 0 Å². The second-order valence-electron chi connectivity index (χ2n) is 9.68. The Morgan fingerprint density at radius 1 is 1.11 bits per heavy atom. The van der Waals surface area contributed by atoms with Crippen LogP contribution < -0.4 is 4.74 Å². The van der Waals surface area contributed by atoms with Crippen LogP contribution in [0.1, 0.15) is 24.6 Å². The van der Waals surface area contributed by atoms with Crippen LogP contribution in [0.25, 0.3) is 21.5 Å². The number of aliphatic hydroxyl groups is 1. The lowest BCUT2D eigenvalue weighted by molar-refractivity contribution is -0.00459. The van der Waals surface area contributed by atoms with E-state index in [2.05, 4.69) is 33.8 Å². The van der Waals surface area contributed by atoms with E-state index < -0.39 is 6.10 Å². The Labute approximate surface area is 230 Å². The van der Waals surface area contributed by atoms with E-state index in [0.29, 0.717) is 34.4 Å². The van der Waals surface area contributed by atoms with E-state index in [1.165, 1.54) is 0 Å². The molecule has 4 aromatic rings.